The van der Waals surface area contributed by atoms with Gasteiger partial charge in [0.15, 0.2) is 5.78 Å². The van der Waals surface area contributed by atoms with Gasteiger partial charge in [0.05, 0.1) is 13.2 Å². The normalized spacial score (nSPS) is 17.0. The quantitative estimate of drug-likeness (QED) is 0.862. The van der Waals surface area contributed by atoms with Crippen molar-refractivity contribution in [1.29, 1.82) is 5.26 Å². The van der Waals surface area contributed by atoms with Gasteiger partial charge in [0.2, 0.25) is 0 Å². The van der Waals surface area contributed by atoms with Gasteiger partial charge in [-0.2, -0.15) is 5.26 Å². The Morgan fingerprint density at radius 2 is 1.95 bits per heavy atom. The minimum atomic E-state index is -0.714. The van der Waals surface area contributed by atoms with E-state index in [1.165, 1.54) is 5.56 Å². The predicted octanol–water partition coefficient (Wildman–Crippen LogP) is 3.21. The van der Waals surface area contributed by atoms with E-state index in [9.17, 15) is 10.1 Å². The molecule has 2 aromatic carbocycles. The fraction of sp³-hybridized carbons (Fsp3) is 0.222. The molecule has 0 spiro atoms. The summed E-state index contributed by atoms with van der Waals surface area (Å²) in [6, 6.07) is 17.2. The number of rotatable bonds is 4. The van der Waals surface area contributed by atoms with Crippen LogP contribution in [0.3, 0.4) is 0 Å². The number of hydrogen-bond acceptors (Lipinski definition) is 3. The smallest absolute Gasteiger partial charge is 0.162 e. The Kier molecular flexibility index (Phi) is 3.45. The van der Waals surface area contributed by atoms with E-state index in [4.69, 9.17) is 4.74 Å². The number of fused-ring (bicyclic) bond motifs is 1. The van der Waals surface area contributed by atoms with Crippen LogP contribution in [0.4, 0.5) is 0 Å². The zero-order chi connectivity index (χ0) is 14.8. The van der Waals surface area contributed by atoms with Crippen molar-refractivity contribution in [3.63, 3.8) is 0 Å². The van der Waals surface area contributed by atoms with Crippen LogP contribution in [0.2, 0.25) is 0 Å². The number of benzene rings is 2. The SMILES string of the molecule is COc1ccc(C(C#N)C(=O)C2Cc3ccccc32)cc1. The van der Waals surface area contributed by atoms with Gasteiger partial charge < -0.3 is 4.74 Å². The molecule has 1 aliphatic rings. The third-order valence-electron chi connectivity index (χ3n) is 4.06. The molecule has 0 N–H and O–H groups in total. The van der Waals surface area contributed by atoms with Gasteiger partial charge in [-0.15, -0.1) is 0 Å². The molecule has 0 radical (unpaired) electrons. The number of ether oxygens (including phenoxy) is 1. The summed E-state index contributed by atoms with van der Waals surface area (Å²) in [5, 5.41) is 9.39. The Hall–Kier alpha value is -2.60. The second-order valence-corrected chi connectivity index (χ2v) is 5.19. The van der Waals surface area contributed by atoms with Gasteiger partial charge >= 0.3 is 0 Å². The monoisotopic (exact) mass is 277 g/mol. The molecule has 3 rings (SSSR count). The van der Waals surface area contributed by atoms with Crippen molar-refractivity contribution in [3.05, 3.63) is 65.2 Å². The highest BCUT2D eigenvalue weighted by Gasteiger charge is 2.36. The minimum absolute atomic E-state index is 0.0126. The lowest BCUT2D eigenvalue weighted by Gasteiger charge is -2.30. The lowest BCUT2D eigenvalue weighted by Crippen LogP contribution is -2.29. The van der Waals surface area contributed by atoms with Crippen LogP contribution >= 0.6 is 0 Å². The Morgan fingerprint density at radius 3 is 2.57 bits per heavy atom. The molecule has 3 nitrogen and oxygen atoms in total. The van der Waals surface area contributed by atoms with Crippen LogP contribution in [0, 0.1) is 11.3 Å². The largest absolute Gasteiger partial charge is 0.497 e. The second kappa shape index (κ2) is 5.41. The first-order chi connectivity index (χ1) is 10.2. The molecule has 3 heteroatoms. The second-order valence-electron chi connectivity index (χ2n) is 5.19. The van der Waals surface area contributed by atoms with E-state index in [0.717, 1.165) is 23.3 Å². The summed E-state index contributed by atoms with van der Waals surface area (Å²) in [6.45, 7) is 0. The molecule has 2 unspecified atom stereocenters. The first kappa shape index (κ1) is 13.4. The van der Waals surface area contributed by atoms with Crippen LogP contribution in [0.1, 0.15) is 28.5 Å². The maximum absolute atomic E-state index is 12.6. The Bertz CT molecular complexity index is 713. The first-order valence-corrected chi connectivity index (χ1v) is 6.89. The molecule has 2 aromatic rings. The Labute approximate surface area is 123 Å². The Balaban J connectivity index is 1.84. The zero-order valence-corrected chi connectivity index (χ0v) is 11.7. The number of carbonyl (C=O) groups excluding carboxylic acids is 1. The molecule has 21 heavy (non-hydrogen) atoms. The molecule has 0 aliphatic heterocycles. The molecule has 0 aromatic heterocycles. The fourth-order valence-electron chi connectivity index (χ4n) is 2.81. The van der Waals surface area contributed by atoms with E-state index in [2.05, 4.69) is 6.07 Å². The number of methoxy groups -OCH3 is 1. The average Bonchev–Trinajstić information content (AvgIpc) is 2.50. The van der Waals surface area contributed by atoms with E-state index < -0.39 is 5.92 Å². The highest BCUT2D eigenvalue weighted by molar-refractivity contribution is 5.96. The number of hydrogen-bond donors (Lipinski definition) is 0. The van der Waals surface area contributed by atoms with Crippen LogP contribution in [-0.2, 0) is 11.2 Å². The van der Waals surface area contributed by atoms with E-state index in [0.29, 0.717) is 0 Å². The van der Waals surface area contributed by atoms with Crippen molar-refractivity contribution in [2.24, 2.45) is 0 Å². The predicted molar refractivity (Wildman–Crippen MR) is 79.2 cm³/mol. The number of ketones is 1. The van der Waals surface area contributed by atoms with Gasteiger partial charge in [-0.3, -0.25) is 4.79 Å². The highest BCUT2D eigenvalue weighted by Crippen LogP contribution is 2.39. The van der Waals surface area contributed by atoms with Crippen molar-refractivity contribution in [1.82, 2.24) is 0 Å². The highest BCUT2D eigenvalue weighted by atomic mass is 16.5. The van der Waals surface area contributed by atoms with Gasteiger partial charge in [0, 0.05) is 5.92 Å². The summed E-state index contributed by atoms with van der Waals surface area (Å²) in [5.74, 6) is -0.152. The minimum Gasteiger partial charge on any atom is -0.497 e. The van der Waals surface area contributed by atoms with Crippen molar-refractivity contribution >= 4 is 5.78 Å². The average molecular weight is 277 g/mol. The number of nitrogens with zero attached hydrogens (tertiary/aromatic N) is 1. The van der Waals surface area contributed by atoms with Crippen LogP contribution in [0.15, 0.2) is 48.5 Å². The van der Waals surface area contributed by atoms with Gasteiger partial charge in [-0.1, -0.05) is 36.4 Å². The Morgan fingerprint density at radius 1 is 1.24 bits per heavy atom. The third-order valence-corrected chi connectivity index (χ3v) is 4.06. The molecule has 0 fully saturated rings. The van der Waals surface area contributed by atoms with E-state index in [1.54, 1.807) is 31.4 Å². The topological polar surface area (TPSA) is 50.1 Å². The molecule has 0 heterocycles. The molecular formula is C18H15NO2. The van der Waals surface area contributed by atoms with E-state index in [-0.39, 0.29) is 11.7 Å². The van der Waals surface area contributed by atoms with E-state index in [1.807, 2.05) is 24.3 Å². The van der Waals surface area contributed by atoms with Crippen LogP contribution < -0.4 is 4.74 Å². The zero-order valence-electron chi connectivity index (χ0n) is 11.7. The molecule has 0 amide bonds. The summed E-state index contributed by atoms with van der Waals surface area (Å²) < 4.78 is 5.10. The molecule has 0 bridgehead atoms. The summed E-state index contributed by atoms with van der Waals surface area (Å²) in [4.78, 5) is 12.6. The summed E-state index contributed by atoms with van der Waals surface area (Å²) >= 11 is 0. The van der Waals surface area contributed by atoms with Gasteiger partial charge in [-0.25, -0.2) is 0 Å². The molecule has 0 saturated carbocycles. The van der Waals surface area contributed by atoms with Crippen molar-refractivity contribution in [2.45, 2.75) is 18.3 Å². The van der Waals surface area contributed by atoms with Crippen LogP contribution in [-0.4, -0.2) is 12.9 Å². The number of Topliss-reactive ketones (excluding diaryl/α,β-unsaturated/α-hetero) is 1. The summed E-state index contributed by atoms with van der Waals surface area (Å²) in [5.41, 5.74) is 3.01. The van der Waals surface area contributed by atoms with Gasteiger partial charge in [0.25, 0.3) is 0 Å². The number of nitriles is 1. The maximum atomic E-state index is 12.6. The number of carbonyl (C=O) groups is 1. The van der Waals surface area contributed by atoms with Crippen LogP contribution in [0.25, 0.3) is 0 Å². The summed E-state index contributed by atoms with van der Waals surface area (Å²) in [6.07, 6.45) is 0.739. The maximum Gasteiger partial charge on any atom is 0.162 e. The van der Waals surface area contributed by atoms with E-state index >= 15 is 0 Å². The fourth-order valence-corrected chi connectivity index (χ4v) is 2.81. The lowest BCUT2D eigenvalue weighted by atomic mass is 9.71. The summed E-state index contributed by atoms with van der Waals surface area (Å²) in [7, 11) is 1.59. The van der Waals surface area contributed by atoms with Crippen molar-refractivity contribution in [3.8, 4) is 11.8 Å². The van der Waals surface area contributed by atoms with Gasteiger partial charge in [-0.05, 0) is 35.2 Å². The molecule has 0 saturated heterocycles. The third kappa shape index (κ3) is 2.30. The van der Waals surface area contributed by atoms with Crippen molar-refractivity contribution in [2.75, 3.05) is 7.11 Å². The molecule has 2 atom stereocenters. The lowest BCUT2D eigenvalue weighted by molar-refractivity contribution is -0.121. The van der Waals surface area contributed by atoms with Crippen molar-refractivity contribution < 1.29 is 9.53 Å². The molecule has 104 valence electrons. The standard InChI is InChI=1S/C18H15NO2/c1-21-14-8-6-12(7-9-14)17(11-19)18(20)16-10-13-4-2-3-5-15(13)16/h2-9,16-17H,10H2,1H3. The first-order valence-electron chi connectivity index (χ1n) is 6.89. The van der Waals surface area contributed by atoms with Crippen LogP contribution in [0.5, 0.6) is 5.75 Å². The van der Waals surface area contributed by atoms with Gasteiger partial charge in [0.1, 0.15) is 11.7 Å². The molecular weight excluding hydrogens is 262 g/mol. The molecule has 1 aliphatic carbocycles.